The van der Waals surface area contributed by atoms with Crippen molar-refractivity contribution < 1.29 is 13.2 Å². The van der Waals surface area contributed by atoms with Crippen LogP contribution in [-0.2, 0) is 14.8 Å². The zero-order valence-electron chi connectivity index (χ0n) is 11.3. The summed E-state index contributed by atoms with van der Waals surface area (Å²) in [7, 11) is -3.47. The Labute approximate surface area is 124 Å². The number of ether oxygens (including phenoxy) is 1. The molecule has 1 saturated carbocycles. The Balaban J connectivity index is 1.94. The largest absolute Gasteiger partial charge is 0.375 e. The van der Waals surface area contributed by atoms with Crippen LogP contribution in [0.15, 0.2) is 29.2 Å². The molecule has 0 bridgehead atoms. The smallest absolute Gasteiger partial charge is 0.243 e. The van der Waals surface area contributed by atoms with Gasteiger partial charge in [-0.15, -0.1) is 0 Å². The van der Waals surface area contributed by atoms with E-state index in [0.29, 0.717) is 29.0 Å². The number of nitrogens with zero attached hydrogens (tertiary/aromatic N) is 1. The molecule has 0 amide bonds. The molecule has 6 heteroatoms. The van der Waals surface area contributed by atoms with E-state index in [2.05, 4.69) is 0 Å². The van der Waals surface area contributed by atoms with Crippen LogP contribution in [0.25, 0.3) is 0 Å². The molecule has 1 aliphatic heterocycles. The average Bonchev–Trinajstić information content (AvgIpc) is 3.23. The van der Waals surface area contributed by atoms with E-state index < -0.39 is 10.0 Å². The summed E-state index contributed by atoms with van der Waals surface area (Å²) in [5.74, 6) is 0.437. The highest BCUT2D eigenvalue weighted by Gasteiger charge is 2.46. The lowest BCUT2D eigenvalue weighted by molar-refractivity contribution is -0.0364. The summed E-state index contributed by atoms with van der Waals surface area (Å²) < 4.78 is 32.9. The predicted octanol–water partition coefficient (Wildman–Crippen LogP) is 2.53. The lowest BCUT2D eigenvalue weighted by Gasteiger charge is -2.39. The maximum absolute atomic E-state index is 12.8. The van der Waals surface area contributed by atoms with Crippen LogP contribution in [0.3, 0.4) is 0 Å². The van der Waals surface area contributed by atoms with E-state index in [-0.39, 0.29) is 12.1 Å². The van der Waals surface area contributed by atoms with Gasteiger partial charge in [-0.1, -0.05) is 11.6 Å². The van der Waals surface area contributed by atoms with Gasteiger partial charge in [-0.2, -0.15) is 4.31 Å². The van der Waals surface area contributed by atoms with E-state index in [1.807, 2.05) is 6.92 Å². The molecule has 1 aromatic rings. The van der Waals surface area contributed by atoms with Gasteiger partial charge in [0.15, 0.2) is 0 Å². The number of rotatable bonds is 3. The minimum Gasteiger partial charge on any atom is -0.375 e. The molecule has 1 heterocycles. The van der Waals surface area contributed by atoms with Crippen LogP contribution < -0.4 is 0 Å². The Morgan fingerprint density at radius 3 is 2.50 bits per heavy atom. The fourth-order valence-electron chi connectivity index (χ4n) is 2.89. The molecule has 0 radical (unpaired) electrons. The van der Waals surface area contributed by atoms with Crippen LogP contribution >= 0.6 is 11.6 Å². The van der Waals surface area contributed by atoms with Crippen molar-refractivity contribution in [3.63, 3.8) is 0 Å². The fraction of sp³-hybridized carbons (Fsp3) is 0.571. The van der Waals surface area contributed by atoms with Crippen LogP contribution in [-0.4, -0.2) is 38.0 Å². The Kier molecular flexibility index (Phi) is 3.79. The Morgan fingerprint density at radius 1 is 1.25 bits per heavy atom. The molecular weight excluding hydrogens is 298 g/mol. The first-order chi connectivity index (χ1) is 9.50. The topological polar surface area (TPSA) is 46.6 Å². The third kappa shape index (κ3) is 2.60. The molecule has 0 spiro atoms. The van der Waals surface area contributed by atoms with Crippen molar-refractivity contribution in [2.45, 2.75) is 36.8 Å². The Hall–Kier alpha value is -0.620. The van der Waals surface area contributed by atoms with Crippen LogP contribution in [0.5, 0.6) is 0 Å². The second-order valence-corrected chi connectivity index (χ2v) is 7.80. The maximum Gasteiger partial charge on any atom is 0.243 e. The van der Waals surface area contributed by atoms with Gasteiger partial charge in [0.25, 0.3) is 0 Å². The van der Waals surface area contributed by atoms with Crippen molar-refractivity contribution in [2.75, 3.05) is 13.2 Å². The van der Waals surface area contributed by atoms with Crippen molar-refractivity contribution in [3.8, 4) is 0 Å². The molecular formula is C14H18ClNO3S. The molecule has 3 rings (SSSR count). The first kappa shape index (κ1) is 14.3. The fourth-order valence-corrected chi connectivity index (χ4v) is 4.74. The number of halogens is 1. The van der Waals surface area contributed by atoms with Gasteiger partial charge in [0.1, 0.15) is 0 Å². The Morgan fingerprint density at radius 2 is 1.90 bits per heavy atom. The highest BCUT2D eigenvalue weighted by atomic mass is 35.5. The van der Waals surface area contributed by atoms with Gasteiger partial charge in [-0.05, 0) is 49.9 Å². The summed E-state index contributed by atoms with van der Waals surface area (Å²) in [4.78, 5) is 0.307. The molecule has 0 unspecified atom stereocenters. The summed E-state index contributed by atoms with van der Waals surface area (Å²) in [5, 5.41) is 0.540. The highest BCUT2D eigenvalue weighted by molar-refractivity contribution is 7.89. The van der Waals surface area contributed by atoms with Crippen molar-refractivity contribution in [1.29, 1.82) is 0 Å². The van der Waals surface area contributed by atoms with Gasteiger partial charge in [0.2, 0.25) is 10.0 Å². The molecule has 2 fully saturated rings. The molecule has 20 heavy (non-hydrogen) atoms. The molecule has 2 atom stereocenters. The SMILES string of the molecule is C[C@H]1OCCN(S(=O)(=O)c2ccc(Cl)cc2)[C@@H]1C1CC1. The normalized spacial score (nSPS) is 28.5. The van der Waals surface area contributed by atoms with E-state index in [1.54, 1.807) is 28.6 Å². The van der Waals surface area contributed by atoms with Gasteiger partial charge < -0.3 is 4.74 Å². The Bertz CT molecular complexity index is 583. The molecule has 1 aromatic carbocycles. The summed E-state index contributed by atoms with van der Waals surface area (Å²) in [6.07, 6.45) is 2.13. The number of hydrogen-bond acceptors (Lipinski definition) is 3. The lowest BCUT2D eigenvalue weighted by atomic mass is 10.1. The molecule has 1 aliphatic carbocycles. The lowest BCUT2D eigenvalue weighted by Crippen LogP contribution is -2.53. The summed E-state index contributed by atoms with van der Waals surface area (Å²) >= 11 is 5.83. The molecule has 0 aromatic heterocycles. The van der Waals surface area contributed by atoms with Crippen molar-refractivity contribution in [3.05, 3.63) is 29.3 Å². The quantitative estimate of drug-likeness (QED) is 0.861. The van der Waals surface area contributed by atoms with Crippen molar-refractivity contribution >= 4 is 21.6 Å². The molecule has 4 nitrogen and oxygen atoms in total. The van der Waals surface area contributed by atoms with Crippen molar-refractivity contribution in [1.82, 2.24) is 4.31 Å². The number of hydrogen-bond donors (Lipinski definition) is 0. The van der Waals surface area contributed by atoms with E-state index in [9.17, 15) is 8.42 Å². The first-order valence-corrected chi connectivity index (χ1v) is 8.71. The van der Waals surface area contributed by atoms with Gasteiger partial charge in [0.05, 0.1) is 23.6 Å². The monoisotopic (exact) mass is 315 g/mol. The minimum atomic E-state index is -3.47. The molecule has 1 saturated heterocycles. The highest BCUT2D eigenvalue weighted by Crippen LogP contribution is 2.40. The van der Waals surface area contributed by atoms with Crippen LogP contribution in [0.2, 0.25) is 5.02 Å². The van der Waals surface area contributed by atoms with E-state index in [4.69, 9.17) is 16.3 Å². The van der Waals surface area contributed by atoms with Crippen molar-refractivity contribution in [2.24, 2.45) is 5.92 Å². The zero-order chi connectivity index (χ0) is 14.3. The second-order valence-electron chi connectivity index (χ2n) is 5.47. The summed E-state index contributed by atoms with van der Waals surface area (Å²) in [5.41, 5.74) is 0. The first-order valence-electron chi connectivity index (χ1n) is 6.89. The third-order valence-corrected chi connectivity index (χ3v) is 6.19. The number of sulfonamides is 1. The van der Waals surface area contributed by atoms with E-state index in [1.165, 1.54) is 0 Å². The molecule has 0 N–H and O–H groups in total. The van der Waals surface area contributed by atoms with E-state index in [0.717, 1.165) is 12.8 Å². The van der Waals surface area contributed by atoms with Crippen LogP contribution in [0.1, 0.15) is 19.8 Å². The van der Waals surface area contributed by atoms with Crippen LogP contribution in [0.4, 0.5) is 0 Å². The van der Waals surface area contributed by atoms with E-state index >= 15 is 0 Å². The number of benzene rings is 1. The molecule has 2 aliphatic rings. The average molecular weight is 316 g/mol. The zero-order valence-corrected chi connectivity index (χ0v) is 12.9. The van der Waals surface area contributed by atoms with Gasteiger partial charge in [-0.3, -0.25) is 0 Å². The van der Waals surface area contributed by atoms with Gasteiger partial charge in [-0.25, -0.2) is 8.42 Å². The van der Waals surface area contributed by atoms with Gasteiger partial charge >= 0.3 is 0 Å². The third-order valence-electron chi connectivity index (χ3n) is 4.03. The predicted molar refractivity (Wildman–Crippen MR) is 77.3 cm³/mol. The molecule has 110 valence electrons. The van der Waals surface area contributed by atoms with Crippen LogP contribution in [0, 0.1) is 5.92 Å². The summed E-state index contributed by atoms with van der Waals surface area (Å²) in [6.45, 7) is 2.85. The standard InChI is InChI=1S/C14H18ClNO3S/c1-10-14(11-2-3-11)16(8-9-19-10)20(17,18)13-6-4-12(15)5-7-13/h4-7,10-11,14H,2-3,8-9H2,1H3/t10-,14+/m1/s1. The second kappa shape index (κ2) is 5.30. The minimum absolute atomic E-state index is 0.0376. The maximum atomic E-state index is 12.8. The number of morpholine rings is 1. The summed E-state index contributed by atoms with van der Waals surface area (Å²) in [6, 6.07) is 6.34. The van der Waals surface area contributed by atoms with Gasteiger partial charge in [0, 0.05) is 11.6 Å².